The Balaban J connectivity index is 2.10. The number of hydrogen-bond donors (Lipinski definition) is 1. The van der Waals surface area contributed by atoms with Gasteiger partial charge in [-0.25, -0.2) is 0 Å². The van der Waals surface area contributed by atoms with E-state index in [1.807, 2.05) is 31.2 Å². The topological polar surface area (TPSA) is 35.2 Å². The first-order valence-electron chi connectivity index (χ1n) is 6.33. The maximum atomic E-state index is 6.13. The van der Waals surface area contributed by atoms with Gasteiger partial charge in [0, 0.05) is 11.1 Å². The summed E-state index contributed by atoms with van der Waals surface area (Å²) < 4.78 is 6.13. The maximum Gasteiger partial charge on any atom is 0.0977 e. The minimum Gasteiger partial charge on any atom is -0.369 e. The molecule has 0 amide bonds. The van der Waals surface area contributed by atoms with E-state index in [1.165, 1.54) is 12.8 Å². The summed E-state index contributed by atoms with van der Waals surface area (Å²) in [6, 6.07) is 7.79. The number of rotatable bonds is 4. The highest BCUT2D eigenvalue weighted by molar-refractivity contribution is 6.30. The van der Waals surface area contributed by atoms with Crippen molar-refractivity contribution in [1.29, 1.82) is 0 Å². The fraction of sp³-hybridized carbons (Fsp3) is 0.571. The molecule has 1 aromatic rings. The molecule has 94 valence electrons. The Kier molecular flexibility index (Phi) is 4.43. The largest absolute Gasteiger partial charge is 0.369 e. The Labute approximate surface area is 108 Å². The van der Waals surface area contributed by atoms with Gasteiger partial charge in [-0.2, -0.15) is 0 Å². The average Bonchev–Trinajstić information content (AvgIpc) is 2.78. The van der Waals surface area contributed by atoms with Crippen LogP contribution >= 0.6 is 11.6 Å². The molecule has 0 aliphatic heterocycles. The van der Waals surface area contributed by atoms with Gasteiger partial charge >= 0.3 is 0 Å². The van der Waals surface area contributed by atoms with Gasteiger partial charge in [-0.1, -0.05) is 36.6 Å². The fourth-order valence-corrected chi connectivity index (χ4v) is 2.62. The summed E-state index contributed by atoms with van der Waals surface area (Å²) in [5, 5.41) is 0.739. The molecule has 0 heterocycles. The van der Waals surface area contributed by atoms with Gasteiger partial charge in [0.1, 0.15) is 0 Å². The zero-order valence-corrected chi connectivity index (χ0v) is 11.0. The molecule has 1 aliphatic rings. The van der Waals surface area contributed by atoms with E-state index in [2.05, 4.69) is 0 Å². The molecule has 3 heteroatoms. The average molecular weight is 254 g/mol. The number of hydrogen-bond acceptors (Lipinski definition) is 2. The normalized spacial score (nSPS) is 20.4. The van der Waals surface area contributed by atoms with Crippen LogP contribution in [0.3, 0.4) is 0 Å². The first-order valence-corrected chi connectivity index (χ1v) is 6.71. The van der Waals surface area contributed by atoms with Crippen molar-refractivity contribution in [3.63, 3.8) is 0 Å². The summed E-state index contributed by atoms with van der Waals surface area (Å²) in [6.45, 7) is 1.99. The molecule has 1 aromatic carbocycles. The van der Waals surface area contributed by atoms with E-state index < -0.39 is 0 Å². The zero-order chi connectivity index (χ0) is 12.3. The molecule has 1 saturated carbocycles. The van der Waals surface area contributed by atoms with Crippen molar-refractivity contribution < 1.29 is 4.74 Å². The van der Waals surface area contributed by atoms with Crippen molar-refractivity contribution in [2.24, 2.45) is 5.73 Å². The quantitative estimate of drug-likeness (QED) is 0.888. The van der Waals surface area contributed by atoms with Crippen LogP contribution in [-0.2, 0) is 4.74 Å². The molecular formula is C14H20ClNO. The predicted molar refractivity (Wildman–Crippen MR) is 71.2 cm³/mol. The van der Waals surface area contributed by atoms with Gasteiger partial charge in [-0.15, -0.1) is 0 Å². The summed E-state index contributed by atoms with van der Waals surface area (Å²) >= 11 is 6.01. The minimum atomic E-state index is -0.0446. The second-order valence-electron chi connectivity index (χ2n) is 4.88. The molecule has 2 atom stereocenters. The SMILES string of the molecule is CC(N)C(OC1CCCC1)c1cccc(Cl)c1. The van der Waals surface area contributed by atoms with Crippen LogP contribution in [0.1, 0.15) is 44.3 Å². The highest BCUT2D eigenvalue weighted by Crippen LogP contribution is 2.30. The minimum absolute atomic E-state index is 0.0194. The summed E-state index contributed by atoms with van der Waals surface area (Å²) in [4.78, 5) is 0. The highest BCUT2D eigenvalue weighted by atomic mass is 35.5. The molecule has 1 aliphatic carbocycles. The Morgan fingerprint density at radius 1 is 1.35 bits per heavy atom. The van der Waals surface area contributed by atoms with Gasteiger partial charge in [-0.05, 0) is 37.5 Å². The zero-order valence-electron chi connectivity index (χ0n) is 10.2. The van der Waals surface area contributed by atoms with E-state index in [-0.39, 0.29) is 12.1 Å². The lowest BCUT2D eigenvalue weighted by Gasteiger charge is -2.25. The second-order valence-corrected chi connectivity index (χ2v) is 5.31. The standard InChI is InChI=1S/C14H20ClNO/c1-10(16)14(17-13-7-2-3-8-13)11-5-4-6-12(15)9-11/h4-6,9-10,13-14H,2-3,7-8,16H2,1H3. The van der Waals surface area contributed by atoms with Crippen LogP contribution in [0.2, 0.25) is 5.02 Å². The number of halogens is 1. The maximum absolute atomic E-state index is 6.13. The first kappa shape index (κ1) is 12.9. The van der Waals surface area contributed by atoms with E-state index in [9.17, 15) is 0 Å². The third-order valence-corrected chi connectivity index (χ3v) is 3.53. The first-order chi connectivity index (χ1) is 8.16. The number of ether oxygens (including phenoxy) is 1. The summed E-state index contributed by atoms with van der Waals surface area (Å²) in [5.74, 6) is 0. The van der Waals surface area contributed by atoms with Crippen molar-refractivity contribution in [2.45, 2.75) is 50.9 Å². The van der Waals surface area contributed by atoms with Gasteiger partial charge in [0.15, 0.2) is 0 Å². The predicted octanol–water partition coefficient (Wildman–Crippen LogP) is 3.69. The highest BCUT2D eigenvalue weighted by Gasteiger charge is 2.24. The lowest BCUT2D eigenvalue weighted by Crippen LogP contribution is -2.29. The molecule has 0 radical (unpaired) electrons. The van der Waals surface area contributed by atoms with Crippen LogP contribution in [-0.4, -0.2) is 12.1 Å². The van der Waals surface area contributed by atoms with Gasteiger partial charge in [-0.3, -0.25) is 0 Å². The fourth-order valence-electron chi connectivity index (χ4n) is 2.42. The van der Waals surface area contributed by atoms with Crippen LogP contribution in [0, 0.1) is 0 Å². The van der Waals surface area contributed by atoms with Crippen molar-refractivity contribution in [2.75, 3.05) is 0 Å². The third kappa shape index (κ3) is 3.44. The molecule has 0 spiro atoms. The molecule has 0 aromatic heterocycles. The molecule has 2 rings (SSSR count). The number of benzene rings is 1. The Morgan fingerprint density at radius 3 is 2.65 bits per heavy atom. The summed E-state index contributed by atoms with van der Waals surface area (Å²) in [5.41, 5.74) is 7.11. The Bertz CT molecular complexity index is 361. The molecule has 2 unspecified atom stereocenters. The number of nitrogens with two attached hydrogens (primary N) is 1. The molecule has 1 fully saturated rings. The van der Waals surface area contributed by atoms with Crippen molar-refractivity contribution >= 4 is 11.6 Å². The van der Waals surface area contributed by atoms with Crippen LogP contribution in [0.25, 0.3) is 0 Å². The third-order valence-electron chi connectivity index (χ3n) is 3.30. The van der Waals surface area contributed by atoms with Crippen molar-refractivity contribution in [1.82, 2.24) is 0 Å². The Morgan fingerprint density at radius 2 is 2.06 bits per heavy atom. The van der Waals surface area contributed by atoms with Gasteiger partial charge in [0.05, 0.1) is 12.2 Å². The van der Waals surface area contributed by atoms with Crippen LogP contribution in [0.5, 0.6) is 0 Å². The second kappa shape index (κ2) is 5.85. The Hall–Kier alpha value is -0.570. The van der Waals surface area contributed by atoms with E-state index in [0.717, 1.165) is 23.4 Å². The van der Waals surface area contributed by atoms with Crippen LogP contribution in [0.4, 0.5) is 0 Å². The molecule has 0 saturated heterocycles. The lowest BCUT2D eigenvalue weighted by atomic mass is 10.0. The van der Waals surface area contributed by atoms with Crippen LogP contribution in [0.15, 0.2) is 24.3 Å². The van der Waals surface area contributed by atoms with Gasteiger partial charge < -0.3 is 10.5 Å². The smallest absolute Gasteiger partial charge is 0.0977 e. The molecule has 17 heavy (non-hydrogen) atoms. The van der Waals surface area contributed by atoms with Crippen molar-refractivity contribution in [3.8, 4) is 0 Å². The lowest BCUT2D eigenvalue weighted by molar-refractivity contribution is -0.0201. The van der Waals surface area contributed by atoms with Crippen LogP contribution < -0.4 is 5.73 Å². The monoisotopic (exact) mass is 253 g/mol. The van der Waals surface area contributed by atoms with Gasteiger partial charge in [0.2, 0.25) is 0 Å². The van der Waals surface area contributed by atoms with E-state index in [1.54, 1.807) is 0 Å². The van der Waals surface area contributed by atoms with E-state index in [0.29, 0.717) is 6.10 Å². The summed E-state index contributed by atoms with van der Waals surface area (Å²) in [7, 11) is 0. The van der Waals surface area contributed by atoms with Gasteiger partial charge in [0.25, 0.3) is 0 Å². The van der Waals surface area contributed by atoms with Crippen molar-refractivity contribution in [3.05, 3.63) is 34.9 Å². The summed E-state index contributed by atoms with van der Waals surface area (Å²) in [6.07, 6.45) is 5.17. The van der Waals surface area contributed by atoms with E-state index >= 15 is 0 Å². The molecule has 0 bridgehead atoms. The molecular weight excluding hydrogens is 234 g/mol. The van der Waals surface area contributed by atoms with E-state index in [4.69, 9.17) is 22.1 Å². The molecule has 2 N–H and O–H groups in total. The molecule has 2 nitrogen and oxygen atoms in total.